The number of aromatic nitrogens is 3. The minimum Gasteiger partial charge on any atom is -0.490 e. The number of benzene rings is 1. The second kappa shape index (κ2) is 8.08. The van der Waals surface area contributed by atoms with Crippen LogP contribution in [0.3, 0.4) is 0 Å². The Labute approximate surface area is 162 Å². The highest BCUT2D eigenvalue weighted by Crippen LogP contribution is 2.24. The van der Waals surface area contributed by atoms with Gasteiger partial charge in [0, 0.05) is 18.3 Å². The molecule has 0 radical (unpaired) electrons. The summed E-state index contributed by atoms with van der Waals surface area (Å²) >= 11 is 1.39. The first-order valence-corrected chi connectivity index (χ1v) is 10.4. The molecule has 7 heteroatoms. The maximum absolute atomic E-state index is 12.1. The van der Waals surface area contributed by atoms with Gasteiger partial charge >= 0.3 is 0 Å². The summed E-state index contributed by atoms with van der Waals surface area (Å²) in [7, 11) is 0. The van der Waals surface area contributed by atoms with Crippen LogP contribution in [-0.4, -0.2) is 20.7 Å². The van der Waals surface area contributed by atoms with E-state index in [-0.39, 0.29) is 5.56 Å². The average molecular weight is 385 g/mol. The van der Waals surface area contributed by atoms with Crippen LogP contribution in [0.1, 0.15) is 50.3 Å². The molecule has 0 saturated heterocycles. The van der Waals surface area contributed by atoms with Gasteiger partial charge in [-0.25, -0.2) is 4.98 Å². The fourth-order valence-electron chi connectivity index (χ4n) is 3.39. The number of hydrogen-bond acceptors (Lipinski definition) is 6. The van der Waals surface area contributed by atoms with Gasteiger partial charge in [0.1, 0.15) is 5.75 Å². The maximum Gasteiger partial charge on any atom is 0.275 e. The molecule has 1 aromatic carbocycles. The average Bonchev–Trinajstić information content (AvgIpc) is 3.11. The first kappa shape index (κ1) is 18.0. The number of ether oxygens (including phenoxy) is 1. The van der Waals surface area contributed by atoms with Gasteiger partial charge in [-0.2, -0.15) is 4.52 Å². The number of fused-ring (bicyclic) bond motifs is 1. The molecule has 0 aliphatic heterocycles. The quantitative estimate of drug-likeness (QED) is 0.695. The lowest BCUT2D eigenvalue weighted by atomic mass is 9.98. The van der Waals surface area contributed by atoms with Crippen LogP contribution in [0.25, 0.3) is 4.96 Å². The summed E-state index contributed by atoms with van der Waals surface area (Å²) in [5.74, 6) is 0.927. The van der Waals surface area contributed by atoms with Gasteiger partial charge in [0.2, 0.25) is 10.1 Å². The molecule has 0 atom stereocenters. The summed E-state index contributed by atoms with van der Waals surface area (Å²) < 4.78 is 7.50. The highest BCUT2D eigenvalue weighted by Gasteiger charge is 2.15. The van der Waals surface area contributed by atoms with Crippen molar-refractivity contribution >= 4 is 21.4 Å². The van der Waals surface area contributed by atoms with Crippen LogP contribution in [0.4, 0.5) is 5.13 Å². The van der Waals surface area contributed by atoms with Crippen LogP contribution >= 0.6 is 11.3 Å². The molecule has 1 aliphatic rings. The van der Waals surface area contributed by atoms with Gasteiger partial charge in [0.15, 0.2) is 0 Å². The Kier molecular flexibility index (Phi) is 5.38. The highest BCUT2D eigenvalue weighted by atomic mass is 32.1. The maximum atomic E-state index is 12.1. The third-order valence-electron chi connectivity index (χ3n) is 4.86. The van der Waals surface area contributed by atoms with Crippen molar-refractivity contribution in [1.29, 1.82) is 0 Å². The summed E-state index contributed by atoms with van der Waals surface area (Å²) in [5, 5.41) is 8.32. The molecule has 2 heterocycles. The molecule has 142 valence electrons. The predicted octanol–water partition coefficient (Wildman–Crippen LogP) is 4.04. The SMILES string of the molecule is CCc1cc(=O)n2nc(NCc3cccc(OC4CCCCC4)c3)sc2n1. The molecule has 0 bridgehead atoms. The van der Waals surface area contributed by atoms with Gasteiger partial charge in [-0.3, -0.25) is 4.79 Å². The summed E-state index contributed by atoms with van der Waals surface area (Å²) in [6.45, 7) is 2.61. The fourth-order valence-corrected chi connectivity index (χ4v) is 4.21. The molecule has 1 saturated carbocycles. The van der Waals surface area contributed by atoms with Crippen molar-refractivity contribution in [3.8, 4) is 5.75 Å². The number of nitrogens with zero attached hydrogens (tertiary/aromatic N) is 3. The summed E-state index contributed by atoms with van der Waals surface area (Å²) in [6, 6.07) is 9.73. The van der Waals surface area contributed by atoms with Gasteiger partial charge in [0.05, 0.1) is 6.10 Å². The van der Waals surface area contributed by atoms with E-state index in [1.165, 1.54) is 35.1 Å². The zero-order valence-corrected chi connectivity index (χ0v) is 16.3. The van der Waals surface area contributed by atoms with Crippen LogP contribution < -0.4 is 15.6 Å². The molecule has 0 amide bonds. The van der Waals surface area contributed by atoms with Gasteiger partial charge in [-0.05, 0) is 49.8 Å². The number of aryl methyl sites for hydroxylation is 1. The summed E-state index contributed by atoms with van der Waals surface area (Å²) in [4.78, 5) is 17.2. The number of rotatable bonds is 6. The van der Waals surface area contributed by atoms with Gasteiger partial charge in [-0.15, -0.1) is 5.10 Å². The Morgan fingerprint density at radius 3 is 2.93 bits per heavy atom. The molecule has 2 aromatic heterocycles. The monoisotopic (exact) mass is 384 g/mol. The molecule has 1 aliphatic carbocycles. The highest BCUT2D eigenvalue weighted by molar-refractivity contribution is 7.20. The third-order valence-corrected chi connectivity index (χ3v) is 5.72. The van der Waals surface area contributed by atoms with Crippen molar-refractivity contribution in [3.05, 3.63) is 51.9 Å². The Hall–Kier alpha value is -2.41. The molecule has 1 N–H and O–H groups in total. The Bertz CT molecular complexity index is 976. The van der Waals surface area contributed by atoms with Crippen molar-refractivity contribution in [2.24, 2.45) is 0 Å². The van der Waals surface area contributed by atoms with Crippen molar-refractivity contribution in [1.82, 2.24) is 14.6 Å². The lowest BCUT2D eigenvalue weighted by Gasteiger charge is -2.23. The van der Waals surface area contributed by atoms with E-state index in [1.54, 1.807) is 6.07 Å². The van der Waals surface area contributed by atoms with E-state index in [9.17, 15) is 4.79 Å². The van der Waals surface area contributed by atoms with Crippen LogP contribution in [-0.2, 0) is 13.0 Å². The fraction of sp³-hybridized carbons (Fsp3) is 0.450. The second-order valence-electron chi connectivity index (χ2n) is 6.92. The zero-order chi connectivity index (χ0) is 18.6. The number of nitrogens with one attached hydrogen (secondary N) is 1. The minimum absolute atomic E-state index is 0.135. The minimum atomic E-state index is -0.135. The van der Waals surface area contributed by atoms with Crippen molar-refractivity contribution in [3.63, 3.8) is 0 Å². The van der Waals surface area contributed by atoms with Crippen molar-refractivity contribution < 1.29 is 4.74 Å². The standard InChI is InChI=1S/C20H24N4O2S/c1-2-15-12-18(25)24-20(22-15)27-19(23-24)21-13-14-7-6-10-17(11-14)26-16-8-4-3-5-9-16/h6-7,10-12,16H,2-5,8-9,13H2,1H3,(H,21,23). The lowest BCUT2D eigenvalue weighted by molar-refractivity contribution is 0.155. The second-order valence-corrected chi connectivity index (χ2v) is 7.88. The molecule has 0 unspecified atom stereocenters. The van der Waals surface area contributed by atoms with Crippen LogP contribution in [0, 0.1) is 0 Å². The zero-order valence-electron chi connectivity index (χ0n) is 15.5. The number of anilines is 1. The van der Waals surface area contributed by atoms with Crippen LogP contribution in [0.5, 0.6) is 5.75 Å². The summed E-state index contributed by atoms with van der Waals surface area (Å²) in [6.07, 6.45) is 7.22. The molecule has 3 aromatic rings. The first-order chi connectivity index (χ1) is 13.2. The van der Waals surface area contributed by atoms with Crippen molar-refractivity contribution in [2.45, 2.75) is 58.1 Å². The van der Waals surface area contributed by atoms with Gasteiger partial charge in [-0.1, -0.05) is 36.8 Å². The summed E-state index contributed by atoms with van der Waals surface area (Å²) in [5.41, 5.74) is 1.78. The van der Waals surface area contributed by atoms with E-state index >= 15 is 0 Å². The van der Waals surface area contributed by atoms with Crippen LogP contribution in [0.15, 0.2) is 35.1 Å². The predicted molar refractivity (Wildman–Crippen MR) is 108 cm³/mol. The van der Waals surface area contributed by atoms with Gasteiger partial charge in [0.25, 0.3) is 5.56 Å². The Morgan fingerprint density at radius 1 is 1.26 bits per heavy atom. The molecule has 27 heavy (non-hydrogen) atoms. The van der Waals surface area contributed by atoms with E-state index in [0.717, 1.165) is 36.3 Å². The first-order valence-electron chi connectivity index (χ1n) is 9.60. The van der Waals surface area contributed by atoms with Gasteiger partial charge < -0.3 is 10.1 Å². The molecule has 4 rings (SSSR count). The Balaban J connectivity index is 1.44. The molecular formula is C20H24N4O2S. The van der Waals surface area contributed by atoms with Crippen molar-refractivity contribution in [2.75, 3.05) is 5.32 Å². The van der Waals surface area contributed by atoms with E-state index in [4.69, 9.17) is 4.74 Å². The van der Waals surface area contributed by atoms with E-state index in [2.05, 4.69) is 27.5 Å². The molecular weight excluding hydrogens is 360 g/mol. The number of hydrogen-bond donors (Lipinski definition) is 1. The van der Waals surface area contributed by atoms with Crippen LogP contribution in [0.2, 0.25) is 0 Å². The Morgan fingerprint density at radius 2 is 2.11 bits per heavy atom. The van der Waals surface area contributed by atoms with E-state index < -0.39 is 0 Å². The normalized spacial score (nSPS) is 15.1. The molecule has 1 fully saturated rings. The molecule has 6 nitrogen and oxygen atoms in total. The van der Waals surface area contributed by atoms with E-state index in [1.807, 2.05) is 19.1 Å². The smallest absolute Gasteiger partial charge is 0.275 e. The topological polar surface area (TPSA) is 68.5 Å². The van der Waals surface area contributed by atoms with E-state index in [0.29, 0.717) is 22.7 Å². The third kappa shape index (κ3) is 4.30. The molecule has 0 spiro atoms. The lowest BCUT2D eigenvalue weighted by Crippen LogP contribution is -2.19. The largest absolute Gasteiger partial charge is 0.490 e.